The van der Waals surface area contributed by atoms with E-state index < -0.39 is 10.0 Å². The Bertz CT molecular complexity index is 708. The van der Waals surface area contributed by atoms with E-state index in [1.807, 2.05) is 51.1 Å². The number of rotatable bonds is 5. The molecule has 0 spiro atoms. The van der Waals surface area contributed by atoms with Gasteiger partial charge in [0.2, 0.25) is 0 Å². The van der Waals surface area contributed by atoms with E-state index in [2.05, 4.69) is 10.2 Å². The van der Waals surface area contributed by atoms with Crippen LogP contribution in [0.15, 0.2) is 35.5 Å². The fourth-order valence-corrected chi connectivity index (χ4v) is 2.89. The number of hydrogen-bond acceptors (Lipinski definition) is 4. The third-order valence-corrected chi connectivity index (χ3v) is 4.05. The topological polar surface area (TPSA) is 90.9 Å². The maximum absolute atomic E-state index is 11.7. The maximum atomic E-state index is 11.7. The Hall–Kier alpha value is -1.73. The molecule has 1 aromatic carbocycles. The highest BCUT2D eigenvalue weighted by molar-refractivity contribution is 7.89. The molecule has 0 radical (unpaired) electrons. The van der Waals surface area contributed by atoms with Gasteiger partial charge >= 0.3 is 0 Å². The number of hydrogen-bond donors (Lipinski definition) is 1. The molecule has 1 atom stereocenters. The summed E-state index contributed by atoms with van der Waals surface area (Å²) in [7, 11) is -3.88. The van der Waals surface area contributed by atoms with Crippen LogP contribution in [-0.2, 0) is 16.6 Å². The fraction of sp³-hybridized carbons (Fsp3) is 0.429. The van der Waals surface area contributed by atoms with Gasteiger partial charge in [0.25, 0.3) is 15.2 Å². The van der Waals surface area contributed by atoms with Crippen molar-refractivity contribution in [2.45, 2.75) is 38.4 Å². The summed E-state index contributed by atoms with van der Waals surface area (Å²) in [6.07, 6.45) is 0. The monoisotopic (exact) mass is 308 g/mol. The summed E-state index contributed by atoms with van der Waals surface area (Å²) in [6.45, 7) is 6.49. The van der Waals surface area contributed by atoms with Gasteiger partial charge in [-0.1, -0.05) is 51.1 Å². The molecular formula is C14H20N4O2S. The van der Waals surface area contributed by atoms with Gasteiger partial charge in [-0.3, -0.25) is 4.57 Å². The van der Waals surface area contributed by atoms with Crippen LogP contribution in [0, 0.1) is 5.92 Å². The summed E-state index contributed by atoms with van der Waals surface area (Å²) in [5.41, 5.74) is 1.05. The average Bonchev–Trinajstić information content (AvgIpc) is 2.81. The number of primary sulfonamides is 1. The highest BCUT2D eigenvalue weighted by atomic mass is 32.2. The van der Waals surface area contributed by atoms with E-state index in [0.717, 1.165) is 5.56 Å². The van der Waals surface area contributed by atoms with Crippen molar-refractivity contribution in [1.29, 1.82) is 0 Å². The summed E-state index contributed by atoms with van der Waals surface area (Å²) < 4.78 is 24.9. The van der Waals surface area contributed by atoms with E-state index in [1.54, 1.807) is 4.57 Å². The molecule has 2 N–H and O–H groups in total. The molecule has 21 heavy (non-hydrogen) atoms. The van der Waals surface area contributed by atoms with Gasteiger partial charge in [-0.25, -0.2) is 13.6 Å². The SMILES string of the molecule is CC(C)Cn1c(C(C)c2ccccc2)nnc1S(N)(=O)=O. The lowest BCUT2D eigenvalue weighted by molar-refractivity contribution is 0.466. The highest BCUT2D eigenvalue weighted by Crippen LogP contribution is 2.24. The molecule has 0 saturated heterocycles. The number of aromatic nitrogens is 3. The quantitative estimate of drug-likeness (QED) is 0.910. The third kappa shape index (κ3) is 3.48. The minimum atomic E-state index is -3.88. The second-order valence-corrected chi connectivity index (χ2v) is 6.98. The molecule has 7 heteroatoms. The normalized spacial score (nSPS) is 13.6. The van der Waals surface area contributed by atoms with E-state index >= 15 is 0 Å². The standard InChI is InChI=1S/C14H20N4O2S/c1-10(2)9-18-13(16-17-14(18)21(15,19)20)11(3)12-7-5-4-6-8-12/h4-8,10-11H,9H2,1-3H3,(H2,15,19,20). The molecule has 2 rings (SSSR count). The van der Waals surface area contributed by atoms with Crippen LogP contribution in [-0.4, -0.2) is 23.2 Å². The Labute approximate surface area is 125 Å². The van der Waals surface area contributed by atoms with Crippen molar-refractivity contribution in [2.75, 3.05) is 0 Å². The fourth-order valence-electron chi connectivity index (χ4n) is 2.26. The largest absolute Gasteiger partial charge is 0.300 e. The minimum Gasteiger partial charge on any atom is -0.300 e. The molecule has 0 bridgehead atoms. The zero-order valence-electron chi connectivity index (χ0n) is 12.4. The van der Waals surface area contributed by atoms with Gasteiger partial charge in [-0.15, -0.1) is 10.2 Å². The number of nitrogens with two attached hydrogens (primary N) is 1. The molecule has 1 unspecified atom stereocenters. The number of nitrogens with zero attached hydrogens (tertiary/aromatic N) is 3. The Morgan fingerprint density at radius 2 is 1.76 bits per heavy atom. The van der Waals surface area contributed by atoms with Crippen LogP contribution in [0.5, 0.6) is 0 Å². The molecule has 0 aliphatic rings. The molecule has 1 aromatic heterocycles. The molecule has 114 valence electrons. The van der Waals surface area contributed by atoms with Crippen LogP contribution in [0.2, 0.25) is 0 Å². The first-order valence-corrected chi connectivity index (χ1v) is 8.36. The molecule has 1 heterocycles. The van der Waals surface area contributed by atoms with Crippen molar-refractivity contribution in [3.8, 4) is 0 Å². The first-order chi connectivity index (χ1) is 9.80. The lowest BCUT2D eigenvalue weighted by atomic mass is 10.0. The summed E-state index contributed by atoms with van der Waals surface area (Å²) in [6, 6.07) is 9.78. The lowest BCUT2D eigenvalue weighted by Gasteiger charge is -2.16. The molecular weight excluding hydrogens is 288 g/mol. The smallest absolute Gasteiger partial charge is 0.273 e. The van der Waals surface area contributed by atoms with Gasteiger partial charge in [0.1, 0.15) is 5.82 Å². The number of sulfonamides is 1. The van der Waals surface area contributed by atoms with Gasteiger partial charge in [0, 0.05) is 12.5 Å². The van der Waals surface area contributed by atoms with E-state index in [0.29, 0.717) is 12.4 Å². The lowest BCUT2D eigenvalue weighted by Crippen LogP contribution is -2.21. The van der Waals surface area contributed by atoms with Crippen LogP contribution in [0.4, 0.5) is 0 Å². The van der Waals surface area contributed by atoms with Crippen molar-refractivity contribution < 1.29 is 8.42 Å². The summed E-state index contributed by atoms with van der Waals surface area (Å²) >= 11 is 0. The first-order valence-electron chi connectivity index (χ1n) is 6.81. The van der Waals surface area contributed by atoms with Crippen LogP contribution in [0.1, 0.15) is 38.1 Å². The molecule has 6 nitrogen and oxygen atoms in total. The van der Waals surface area contributed by atoms with Gasteiger partial charge in [-0.2, -0.15) is 0 Å². The van der Waals surface area contributed by atoms with Gasteiger partial charge in [-0.05, 0) is 11.5 Å². The maximum Gasteiger partial charge on any atom is 0.273 e. The Balaban J connectivity index is 2.51. The van der Waals surface area contributed by atoms with Crippen molar-refractivity contribution >= 4 is 10.0 Å². The first kappa shape index (κ1) is 15.7. The zero-order valence-corrected chi connectivity index (χ0v) is 13.2. The van der Waals surface area contributed by atoms with E-state index in [-0.39, 0.29) is 17.0 Å². The van der Waals surface area contributed by atoms with Crippen LogP contribution < -0.4 is 5.14 Å². The van der Waals surface area contributed by atoms with E-state index in [4.69, 9.17) is 5.14 Å². The minimum absolute atomic E-state index is 0.0621. The van der Waals surface area contributed by atoms with Gasteiger partial charge in [0.05, 0.1) is 0 Å². The van der Waals surface area contributed by atoms with Gasteiger partial charge < -0.3 is 0 Å². The van der Waals surface area contributed by atoms with E-state index in [1.165, 1.54) is 0 Å². The van der Waals surface area contributed by atoms with Gasteiger partial charge in [0.15, 0.2) is 0 Å². The molecule has 0 fully saturated rings. The third-order valence-electron chi connectivity index (χ3n) is 3.23. The van der Waals surface area contributed by atoms with Crippen molar-refractivity contribution in [2.24, 2.45) is 11.1 Å². The second kappa shape index (κ2) is 5.95. The molecule has 0 aliphatic heterocycles. The predicted octanol–water partition coefficient (Wildman–Crippen LogP) is 1.73. The Morgan fingerprint density at radius 3 is 2.29 bits per heavy atom. The summed E-state index contributed by atoms with van der Waals surface area (Å²) in [5.74, 6) is 0.801. The number of benzene rings is 1. The average molecular weight is 308 g/mol. The molecule has 2 aromatic rings. The molecule has 0 aliphatic carbocycles. The van der Waals surface area contributed by atoms with E-state index in [9.17, 15) is 8.42 Å². The molecule has 0 saturated carbocycles. The zero-order chi connectivity index (χ0) is 15.6. The van der Waals surface area contributed by atoms with Crippen molar-refractivity contribution in [3.63, 3.8) is 0 Å². The van der Waals surface area contributed by atoms with Crippen LogP contribution in [0.3, 0.4) is 0 Å². The van der Waals surface area contributed by atoms with Crippen molar-refractivity contribution in [1.82, 2.24) is 14.8 Å². The highest BCUT2D eigenvalue weighted by Gasteiger charge is 2.25. The molecule has 0 amide bonds. The predicted molar refractivity (Wildman–Crippen MR) is 80.2 cm³/mol. The Morgan fingerprint density at radius 1 is 1.14 bits per heavy atom. The van der Waals surface area contributed by atoms with Crippen molar-refractivity contribution in [3.05, 3.63) is 41.7 Å². The van der Waals surface area contributed by atoms with Crippen LogP contribution in [0.25, 0.3) is 0 Å². The summed E-state index contributed by atoms with van der Waals surface area (Å²) in [4.78, 5) is 0. The van der Waals surface area contributed by atoms with Crippen LogP contribution >= 0.6 is 0 Å². The second-order valence-electron chi connectivity index (χ2n) is 5.52. The Kier molecular flexibility index (Phi) is 4.43. The summed E-state index contributed by atoms with van der Waals surface area (Å²) in [5, 5.41) is 12.9.